The maximum atomic E-state index is 12.0. The number of nitrogens with zero attached hydrogens (tertiary/aromatic N) is 1. The van der Waals surface area contributed by atoms with Gasteiger partial charge in [-0.1, -0.05) is 0 Å². The Bertz CT molecular complexity index is 486. The van der Waals surface area contributed by atoms with Crippen molar-refractivity contribution < 1.29 is 9.53 Å². The number of carbonyl (C=O) groups excluding carboxylic acids is 1. The Hall–Kier alpha value is -1.91. The van der Waals surface area contributed by atoms with E-state index < -0.39 is 5.60 Å². The summed E-state index contributed by atoms with van der Waals surface area (Å²) in [6, 6.07) is 7.78. The average molecular weight is 305 g/mol. The van der Waals surface area contributed by atoms with Crippen molar-refractivity contribution in [1.29, 1.82) is 0 Å². The van der Waals surface area contributed by atoms with Crippen molar-refractivity contribution in [3.05, 3.63) is 24.3 Å². The van der Waals surface area contributed by atoms with Crippen LogP contribution in [0.1, 0.15) is 33.6 Å². The van der Waals surface area contributed by atoms with Crippen LogP contribution < -0.4 is 11.1 Å². The molecule has 1 amide bonds. The zero-order chi connectivity index (χ0) is 16.2. The van der Waals surface area contributed by atoms with Gasteiger partial charge < -0.3 is 20.7 Å². The molecule has 1 saturated heterocycles. The fraction of sp³-hybridized carbons (Fsp3) is 0.588. The summed E-state index contributed by atoms with van der Waals surface area (Å²) in [5, 5.41) is 3.43. The number of anilines is 2. The van der Waals surface area contributed by atoms with Crippen molar-refractivity contribution in [3.63, 3.8) is 0 Å². The van der Waals surface area contributed by atoms with Crippen LogP contribution in [-0.2, 0) is 4.74 Å². The van der Waals surface area contributed by atoms with Crippen LogP contribution in [0.5, 0.6) is 0 Å². The third-order valence-electron chi connectivity index (χ3n) is 3.77. The van der Waals surface area contributed by atoms with Crippen molar-refractivity contribution in [2.24, 2.45) is 5.92 Å². The highest BCUT2D eigenvalue weighted by atomic mass is 16.6. The first kappa shape index (κ1) is 16.5. The van der Waals surface area contributed by atoms with Crippen molar-refractivity contribution in [2.75, 3.05) is 30.7 Å². The number of rotatable bonds is 3. The summed E-state index contributed by atoms with van der Waals surface area (Å²) in [5.41, 5.74) is 7.11. The van der Waals surface area contributed by atoms with Crippen LogP contribution in [0.15, 0.2) is 24.3 Å². The molecular weight excluding hydrogens is 278 g/mol. The van der Waals surface area contributed by atoms with Gasteiger partial charge in [-0.2, -0.15) is 0 Å². The van der Waals surface area contributed by atoms with E-state index in [1.807, 2.05) is 49.9 Å². The Balaban J connectivity index is 1.73. The number of hydrogen-bond donors (Lipinski definition) is 2. The van der Waals surface area contributed by atoms with Gasteiger partial charge in [-0.15, -0.1) is 0 Å². The van der Waals surface area contributed by atoms with Crippen molar-refractivity contribution in [3.8, 4) is 0 Å². The molecule has 0 unspecified atom stereocenters. The minimum Gasteiger partial charge on any atom is -0.444 e. The van der Waals surface area contributed by atoms with Crippen LogP contribution in [-0.4, -0.2) is 36.2 Å². The molecule has 0 saturated carbocycles. The summed E-state index contributed by atoms with van der Waals surface area (Å²) >= 11 is 0. The lowest BCUT2D eigenvalue weighted by Gasteiger charge is -2.33. The molecule has 0 spiro atoms. The van der Waals surface area contributed by atoms with Gasteiger partial charge in [-0.25, -0.2) is 4.79 Å². The molecule has 0 radical (unpaired) electrons. The predicted molar refractivity (Wildman–Crippen MR) is 89.9 cm³/mol. The lowest BCUT2D eigenvalue weighted by Crippen LogP contribution is -2.42. The lowest BCUT2D eigenvalue weighted by atomic mass is 9.97. The van der Waals surface area contributed by atoms with E-state index in [0.29, 0.717) is 5.92 Å². The van der Waals surface area contributed by atoms with Gasteiger partial charge in [0.25, 0.3) is 0 Å². The summed E-state index contributed by atoms with van der Waals surface area (Å²) in [7, 11) is 0. The molecule has 1 aromatic carbocycles. The van der Waals surface area contributed by atoms with Crippen molar-refractivity contribution in [2.45, 2.75) is 39.2 Å². The number of hydrogen-bond acceptors (Lipinski definition) is 4. The molecule has 0 aromatic heterocycles. The Kier molecular flexibility index (Phi) is 5.16. The predicted octanol–water partition coefficient (Wildman–Crippen LogP) is 3.33. The quantitative estimate of drug-likeness (QED) is 0.841. The van der Waals surface area contributed by atoms with Gasteiger partial charge in [-0.05, 0) is 63.8 Å². The SMILES string of the molecule is CC(C)(C)OC(=O)N1CCC(CNc2ccc(N)cc2)CC1. The summed E-state index contributed by atoms with van der Waals surface area (Å²) in [4.78, 5) is 13.8. The van der Waals surface area contributed by atoms with E-state index in [2.05, 4.69) is 5.32 Å². The Morgan fingerprint density at radius 3 is 2.41 bits per heavy atom. The maximum Gasteiger partial charge on any atom is 0.410 e. The topological polar surface area (TPSA) is 67.6 Å². The normalized spacial score (nSPS) is 16.4. The van der Waals surface area contributed by atoms with Crippen LogP contribution in [0.3, 0.4) is 0 Å². The molecule has 5 heteroatoms. The highest BCUT2D eigenvalue weighted by Crippen LogP contribution is 2.20. The van der Waals surface area contributed by atoms with Crippen LogP contribution in [0.2, 0.25) is 0 Å². The Morgan fingerprint density at radius 2 is 1.86 bits per heavy atom. The Morgan fingerprint density at radius 1 is 1.27 bits per heavy atom. The first-order valence-corrected chi connectivity index (χ1v) is 7.91. The first-order chi connectivity index (χ1) is 10.3. The first-order valence-electron chi connectivity index (χ1n) is 7.91. The molecule has 0 atom stereocenters. The number of nitrogens with one attached hydrogen (secondary N) is 1. The molecule has 1 aliphatic rings. The zero-order valence-electron chi connectivity index (χ0n) is 13.8. The van der Waals surface area contributed by atoms with Gasteiger partial charge in [0.15, 0.2) is 0 Å². The number of nitrogens with two attached hydrogens (primary N) is 1. The van der Waals surface area contributed by atoms with Crippen LogP contribution in [0.4, 0.5) is 16.2 Å². The van der Waals surface area contributed by atoms with Gasteiger partial charge in [-0.3, -0.25) is 0 Å². The molecular formula is C17H27N3O2. The van der Waals surface area contributed by atoms with E-state index in [1.54, 1.807) is 0 Å². The highest BCUT2D eigenvalue weighted by molar-refractivity contribution is 5.68. The van der Waals surface area contributed by atoms with Gasteiger partial charge in [0.1, 0.15) is 5.60 Å². The van der Waals surface area contributed by atoms with E-state index in [1.165, 1.54) is 0 Å². The summed E-state index contributed by atoms with van der Waals surface area (Å²) in [6.07, 6.45) is 1.81. The molecule has 22 heavy (non-hydrogen) atoms. The highest BCUT2D eigenvalue weighted by Gasteiger charge is 2.26. The molecule has 122 valence electrons. The molecule has 1 aromatic rings. The monoisotopic (exact) mass is 305 g/mol. The molecule has 3 N–H and O–H groups in total. The average Bonchev–Trinajstić information content (AvgIpc) is 2.45. The number of amides is 1. The molecule has 2 rings (SSSR count). The standard InChI is InChI=1S/C17H27N3O2/c1-17(2,3)22-16(21)20-10-8-13(9-11-20)12-19-15-6-4-14(18)5-7-15/h4-7,13,19H,8-12,18H2,1-3H3. The second kappa shape index (κ2) is 6.90. The third-order valence-corrected chi connectivity index (χ3v) is 3.77. The summed E-state index contributed by atoms with van der Waals surface area (Å²) in [6.45, 7) is 8.15. The largest absolute Gasteiger partial charge is 0.444 e. The molecule has 1 aliphatic heterocycles. The van der Waals surface area contributed by atoms with E-state index in [0.717, 1.165) is 43.9 Å². The van der Waals surface area contributed by atoms with E-state index >= 15 is 0 Å². The minimum atomic E-state index is -0.426. The van der Waals surface area contributed by atoms with Gasteiger partial charge >= 0.3 is 6.09 Å². The van der Waals surface area contributed by atoms with Crippen LogP contribution >= 0.6 is 0 Å². The minimum absolute atomic E-state index is 0.197. The number of likely N-dealkylation sites (tertiary alicyclic amines) is 1. The lowest BCUT2D eigenvalue weighted by molar-refractivity contribution is 0.0188. The number of ether oxygens (including phenoxy) is 1. The smallest absolute Gasteiger partial charge is 0.410 e. The number of benzene rings is 1. The van der Waals surface area contributed by atoms with Gasteiger partial charge in [0.2, 0.25) is 0 Å². The summed E-state index contributed by atoms with van der Waals surface area (Å²) < 4.78 is 5.41. The fourth-order valence-corrected chi connectivity index (χ4v) is 2.51. The van der Waals surface area contributed by atoms with Crippen molar-refractivity contribution >= 4 is 17.5 Å². The summed E-state index contributed by atoms with van der Waals surface area (Å²) in [5.74, 6) is 0.580. The van der Waals surface area contributed by atoms with E-state index in [4.69, 9.17) is 10.5 Å². The van der Waals surface area contributed by atoms with E-state index in [9.17, 15) is 4.79 Å². The number of piperidine rings is 1. The maximum absolute atomic E-state index is 12.0. The van der Waals surface area contributed by atoms with Gasteiger partial charge in [0, 0.05) is 31.0 Å². The zero-order valence-corrected chi connectivity index (χ0v) is 13.8. The molecule has 5 nitrogen and oxygen atoms in total. The van der Waals surface area contributed by atoms with Crippen LogP contribution in [0, 0.1) is 5.92 Å². The molecule has 1 heterocycles. The fourth-order valence-electron chi connectivity index (χ4n) is 2.51. The molecule has 0 aliphatic carbocycles. The third kappa shape index (κ3) is 5.13. The second-order valence-corrected chi connectivity index (χ2v) is 6.91. The van der Waals surface area contributed by atoms with Gasteiger partial charge in [0.05, 0.1) is 0 Å². The van der Waals surface area contributed by atoms with Crippen LogP contribution in [0.25, 0.3) is 0 Å². The molecule has 1 fully saturated rings. The second-order valence-electron chi connectivity index (χ2n) is 6.91. The number of carbonyl (C=O) groups is 1. The Labute approximate surface area is 132 Å². The van der Waals surface area contributed by atoms with E-state index in [-0.39, 0.29) is 6.09 Å². The number of nitrogen functional groups attached to an aromatic ring is 1. The molecule has 0 bridgehead atoms. The van der Waals surface area contributed by atoms with Crippen molar-refractivity contribution in [1.82, 2.24) is 4.90 Å².